The third kappa shape index (κ3) is 6.35. The number of rotatable bonds is 8. The standard InChI is InChI=1S/C31H36F3N7O/c1-20(39-8-10-40(11-9-39)29(42)16-31(32,33)34)21-6-7-35-25(12-21)14-28-37-26-5-4-22(13-27(26)38-28)23-17-36-41(18-23)19-24-15-30(24,2)3/h4-7,12-13,17-18,20,24H,8-11,14-16,19H2,1-3H3,(H,37,38). The number of piperazine rings is 1. The zero-order valence-corrected chi connectivity index (χ0v) is 24.2. The van der Waals surface area contributed by atoms with Crippen LogP contribution in [0, 0.1) is 11.3 Å². The number of hydrogen-bond acceptors (Lipinski definition) is 5. The first-order valence-electron chi connectivity index (χ1n) is 14.5. The Hall–Kier alpha value is -3.73. The van der Waals surface area contributed by atoms with Crippen molar-refractivity contribution in [2.75, 3.05) is 26.2 Å². The van der Waals surface area contributed by atoms with Crippen LogP contribution in [-0.4, -0.2) is 72.8 Å². The number of carbonyl (C=O) groups excluding carboxylic acids is 1. The lowest BCUT2D eigenvalue weighted by Gasteiger charge is -2.38. The number of amides is 1. The summed E-state index contributed by atoms with van der Waals surface area (Å²) in [6.45, 7) is 9.25. The Labute approximate surface area is 242 Å². The first-order chi connectivity index (χ1) is 19.9. The van der Waals surface area contributed by atoms with Crippen LogP contribution >= 0.6 is 0 Å². The van der Waals surface area contributed by atoms with Gasteiger partial charge >= 0.3 is 6.18 Å². The number of imidazole rings is 1. The normalized spacial score (nSPS) is 19.8. The smallest absolute Gasteiger partial charge is 0.342 e. The summed E-state index contributed by atoms with van der Waals surface area (Å²) in [4.78, 5) is 28.2. The van der Waals surface area contributed by atoms with Crippen molar-refractivity contribution in [3.05, 3.63) is 66.0 Å². The molecule has 1 aliphatic heterocycles. The number of hydrogen-bond donors (Lipinski definition) is 1. The van der Waals surface area contributed by atoms with E-state index in [-0.39, 0.29) is 19.1 Å². The van der Waals surface area contributed by atoms with Crippen LogP contribution in [0.15, 0.2) is 48.9 Å². The molecule has 1 amide bonds. The third-order valence-corrected chi connectivity index (χ3v) is 8.86. The van der Waals surface area contributed by atoms with Crippen LogP contribution < -0.4 is 0 Å². The molecule has 2 fully saturated rings. The largest absolute Gasteiger partial charge is 0.397 e. The molecule has 1 saturated carbocycles. The lowest BCUT2D eigenvalue weighted by atomic mass is 10.1. The molecule has 8 nitrogen and oxygen atoms in total. The number of alkyl halides is 3. The van der Waals surface area contributed by atoms with Crippen molar-refractivity contribution in [3.8, 4) is 11.1 Å². The van der Waals surface area contributed by atoms with Crippen molar-refractivity contribution in [2.24, 2.45) is 11.3 Å². The quantitative estimate of drug-likeness (QED) is 0.293. The fourth-order valence-electron chi connectivity index (χ4n) is 5.93. The highest BCUT2D eigenvalue weighted by Gasteiger charge is 2.45. The summed E-state index contributed by atoms with van der Waals surface area (Å²) in [6, 6.07) is 10.3. The zero-order valence-electron chi connectivity index (χ0n) is 24.2. The molecular weight excluding hydrogens is 543 g/mol. The molecule has 1 saturated heterocycles. The Morgan fingerprint density at radius 3 is 2.60 bits per heavy atom. The molecule has 4 heterocycles. The number of fused-ring (bicyclic) bond motifs is 1. The Kier molecular flexibility index (Phi) is 7.32. The van der Waals surface area contributed by atoms with E-state index in [9.17, 15) is 18.0 Å². The van der Waals surface area contributed by atoms with E-state index in [0.29, 0.717) is 30.8 Å². The van der Waals surface area contributed by atoms with E-state index < -0.39 is 18.5 Å². The number of aromatic nitrogens is 5. The SMILES string of the molecule is CC(c1ccnc(Cc2nc3ccc(-c4cnn(CC5CC5(C)C)c4)cc3[nH]2)c1)N1CCN(C(=O)CC(F)(F)F)CC1. The van der Waals surface area contributed by atoms with Crippen molar-refractivity contribution >= 4 is 16.9 Å². The molecule has 0 spiro atoms. The fraction of sp³-hybridized carbons (Fsp3) is 0.484. The molecule has 2 unspecified atom stereocenters. The topological polar surface area (TPSA) is 82.9 Å². The number of nitrogens with one attached hydrogen (secondary N) is 1. The number of halogens is 3. The summed E-state index contributed by atoms with van der Waals surface area (Å²) in [6.07, 6.45) is 1.73. The predicted octanol–water partition coefficient (Wildman–Crippen LogP) is 5.62. The van der Waals surface area contributed by atoms with E-state index in [1.807, 2.05) is 23.0 Å². The highest BCUT2D eigenvalue weighted by molar-refractivity contribution is 5.81. The van der Waals surface area contributed by atoms with E-state index >= 15 is 0 Å². The maximum Gasteiger partial charge on any atom is 0.397 e. The minimum Gasteiger partial charge on any atom is -0.342 e. The molecule has 0 radical (unpaired) electrons. The van der Waals surface area contributed by atoms with E-state index in [1.165, 1.54) is 11.3 Å². The van der Waals surface area contributed by atoms with Crippen LogP contribution in [0.2, 0.25) is 0 Å². The van der Waals surface area contributed by atoms with Crippen LogP contribution in [0.4, 0.5) is 13.2 Å². The summed E-state index contributed by atoms with van der Waals surface area (Å²) in [5.74, 6) is 0.653. The van der Waals surface area contributed by atoms with Gasteiger partial charge in [0.1, 0.15) is 12.2 Å². The van der Waals surface area contributed by atoms with Crippen molar-refractivity contribution < 1.29 is 18.0 Å². The molecule has 11 heteroatoms. The summed E-state index contributed by atoms with van der Waals surface area (Å²) in [5, 5.41) is 4.58. The van der Waals surface area contributed by atoms with Gasteiger partial charge in [0.2, 0.25) is 5.91 Å². The second-order valence-electron chi connectivity index (χ2n) is 12.4. The Morgan fingerprint density at radius 2 is 1.88 bits per heavy atom. The molecule has 1 N–H and O–H groups in total. The molecule has 6 rings (SSSR count). The summed E-state index contributed by atoms with van der Waals surface area (Å²) >= 11 is 0. The number of nitrogens with zero attached hydrogens (tertiary/aromatic N) is 6. The fourth-order valence-corrected chi connectivity index (χ4v) is 5.93. The first kappa shape index (κ1) is 28.4. The van der Waals surface area contributed by atoms with Crippen LogP contribution in [-0.2, 0) is 17.8 Å². The van der Waals surface area contributed by atoms with Crippen LogP contribution in [0.5, 0.6) is 0 Å². The van der Waals surface area contributed by atoms with Crippen molar-refractivity contribution in [2.45, 2.75) is 58.8 Å². The number of carbonyl (C=O) groups is 1. The van der Waals surface area contributed by atoms with E-state index in [0.717, 1.165) is 45.8 Å². The molecular formula is C31H36F3N7O. The molecule has 42 heavy (non-hydrogen) atoms. The third-order valence-electron chi connectivity index (χ3n) is 8.86. The van der Waals surface area contributed by atoms with Gasteiger partial charge in [-0.15, -0.1) is 0 Å². The number of aromatic amines is 1. The molecule has 0 bridgehead atoms. The molecule has 2 aliphatic rings. The van der Waals surface area contributed by atoms with Crippen LogP contribution in [0.3, 0.4) is 0 Å². The minimum absolute atomic E-state index is 0.0387. The van der Waals surface area contributed by atoms with Crippen LogP contribution in [0.25, 0.3) is 22.2 Å². The summed E-state index contributed by atoms with van der Waals surface area (Å²) in [7, 11) is 0. The van der Waals surface area contributed by atoms with Crippen molar-refractivity contribution in [1.29, 1.82) is 0 Å². The van der Waals surface area contributed by atoms with E-state index in [2.05, 4.69) is 65.1 Å². The average Bonchev–Trinajstić information content (AvgIpc) is 3.27. The Balaban J connectivity index is 1.09. The van der Waals surface area contributed by atoms with E-state index in [4.69, 9.17) is 4.98 Å². The number of H-pyrrole nitrogens is 1. The highest BCUT2D eigenvalue weighted by atomic mass is 19.4. The van der Waals surface area contributed by atoms with Gasteiger partial charge in [-0.3, -0.25) is 19.4 Å². The van der Waals surface area contributed by atoms with Gasteiger partial charge in [-0.1, -0.05) is 19.9 Å². The van der Waals surface area contributed by atoms with Gasteiger partial charge in [0.15, 0.2) is 0 Å². The number of pyridine rings is 1. The molecule has 1 aliphatic carbocycles. The lowest BCUT2D eigenvalue weighted by molar-refractivity contribution is -0.162. The summed E-state index contributed by atoms with van der Waals surface area (Å²) < 4.78 is 39.9. The first-order valence-corrected chi connectivity index (χ1v) is 14.5. The van der Waals surface area contributed by atoms with Gasteiger partial charge in [0.25, 0.3) is 0 Å². The maximum atomic E-state index is 12.6. The lowest BCUT2D eigenvalue weighted by Crippen LogP contribution is -2.50. The van der Waals surface area contributed by atoms with Gasteiger partial charge in [0.05, 0.1) is 17.2 Å². The van der Waals surface area contributed by atoms with Gasteiger partial charge in [0, 0.05) is 68.8 Å². The second-order valence-corrected chi connectivity index (χ2v) is 12.4. The second kappa shape index (κ2) is 10.8. The highest BCUT2D eigenvalue weighted by Crippen LogP contribution is 2.52. The zero-order chi connectivity index (χ0) is 29.6. The van der Waals surface area contributed by atoms with Crippen molar-refractivity contribution in [3.63, 3.8) is 0 Å². The molecule has 3 aromatic heterocycles. The Morgan fingerprint density at radius 1 is 1.12 bits per heavy atom. The van der Waals surface area contributed by atoms with Gasteiger partial charge < -0.3 is 9.88 Å². The molecule has 4 aromatic rings. The monoisotopic (exact) mass is 579 g/mol. The Bertz CT molecular complexity index is 1580. The minimum atomic E-state index is -4.48. The van der Waals surface area contributed by atoms with Gasteiger partial charge in [-0.05, 0) is 60.1 Å². The molecule has 1 aromatic carbocycles. The van der Waals surface area contributed by atoms with Crippen molar-refractivity contribution in [1.82, 2.24) is 34.5 Å². The average molecular weight is 580 g/mol. The number of benzene rings is 1. The predicted molar refractivity (Wildman–Crippen MR) is 153 cm³/mol. The maximum absolute atomic E-state index is 12.6. The van der Waals surface area contributed by atoms with Gasteiger partial charge in [-0.25, -0.2) is 4.98 Å². The van der Waals surface area contributed by atoms with E-state index in [1.54, 1.807) is 6.20 Å². The molecule has 2 atom stereocenters. The van der Waals surface area contributed by atoms with Gasteiger partial charge in [-0.2, -0.15) is 18.3 Å². The van der Waals surface area contributed by atoms with Crippen LogP contribution in [0.1, 0.15) is 56.7 Å². The molecule has 222 valence electrons. The summed E-state index contributed by atoms with van der Waals surface area (Å²) in [5.41, 5.74) is 6.39.